The summed E-state index contributed by atoms with van der Waals surface area (Å²) in [4.78, 5) is 16.0. The Morgan fingerprint density at radius 3 is 2.34 bits per heavy atom. The van der Waals surface area contributed by atoms with Gasteiger partial charge in [-0.05, 0) is 67.2 Å². The molecule has 8 nitrogen and oxygen atoms in total. The number of esters is 1. The summed E-state index contributed by atoms with van der Waals surface area (Å²) in [5.41, 5.74) is 0.128. The van der Waals surface area contributed by atoms with Crippen LogP contribution in [-0.4, -0.2) is 38.3 Å². The van der Waals surface area contributed by atoms with E-state index in [1.54, 1.807) is 37.3 Å². The van der Waals surface area contributed by atoms with Crippen LogP contribution in [0.15, 0.2) is 86.4 Å². The molecule has 0 bridgehead atoms. The van der Waals surface area contributed by atoms with Crippen LogP contribution in [0.4, 0.5) is 5.69 Å². The largest absolute Gasteiger partial charge is 0.462 e. The van der Waals surface area contributed by atoms with E-state index in [2.05, 4.69) is 4.99 Å². The number of para-hydroxylation sites is 1. The minimum absolute atomic E-state index is 0.0404. The van der Waals surface area contributed by atoms with Gasteiger partial charge in [-0.1, -0.05) is 41.4 Å². The van der Waals surface area contributed by atoms with Gasteiger partial charge in [-0.3, -0.25) is 0 Å². The summed E-state index contributed by atoms with van der Waals surface area (Å²) in [6, 6.07) is 15.6. The lowest BCUT2D eigenvalue weighted by molar-refractivity contribution is 0.0526. The minimum Gasteiger partial charge on any atom is -0.462 e. The predicted octanol–water partition coefficient (Wildman–Crippen LogP) is 5.34. The molecule has 3 aromatic carbocycles. The Balaban J connectivity index is 1.97. The zero-order valence-electron chi connectivity index (χ0n) is 17.9. The van der Waals surface area contributed by atoms with E-state index in [4.69, 9.17) is 27.9 Å². The molecule has 0 spiro atoms. The zero-order valence-corrected chi connectivity index (χ0v) is 21.8. The first-order valence-corrected chi connectivity index (χ1v) is 14.4. The van der Waals surface area contributed by atoms with Crippen LogP contribution in [0, 0.1) is 0 Å². The van der Waals surface area contributed by atoms with Gasteiger partial charge in [0.1, 0.15) is 4.90 Å². The first kappa shape index (κ1) is 25.5. The number of aliphatic imine (C=N–C) groups is 1. The molecule has 0 unspecified atom stereocenters. The number of benzene rings is 3. The molecule has 0 atom stereocenters. The predicted molar refractivity (Wildman–Crippen MR) is 134 cm³/mol. The van der Waals surface area contributed by atoms with Crippen LogP contribution in [0.3, 0.4) is 0 Å². The van der Waals surface area contributed by atoms with Crippen LogP contribution in [0.25, 0.3) is 0 Å². The molecule has 0 amide bonds. The molecule has 0 saturated heterocycles. The fourth-order valence-electron chi connectivity index (χ4n) is 3.12. The summed E-state index contributed by atoms with van der Waals surface area (Å²) in [5.74, 6) is -0.837. The van der Waals surface area contributed by atoms with Crippen molar-refractivity contribution >= 4 is 71.8 Å². The summed E-state index contributed by atoms with van der Waals surface area (Å²) in [6.45, 7) is 1.63. The highest BCUT2D eigenvalue weighted by Gasteiger charge is 2.45. The number of thioether (sulfide) groups is 1. The fraction of sp³-hybridized carbons (Fsp3) is 0.0909. The molecule has 0 radical (unpaired) electrons. The number of carbonyl (C=O) groups excluding carboxylic acids is 1. The normalized spacial score (nSPS) is 16.1. The van der Waals surface area contributed by atoms with Crippen molar-refractivity contribution in [1.82, 2.24) is 3.71 Å². The van der Waals surface area contributed by atoms with E-state index in [0.29, 0.717) is 5.69 Å². The SMILES string of the molecule is CCOC(=O)c1cc2c(cc1Cl)SC(=Nc1ccccc1)N(S(=O)(=O)c1ccc(Cl)cc1)S2(=O)=O. The number of ether oxygens (including phenoxy) is 1. The van der Waals surface area contributed by atoms with Gasteiger partial charge in [0.15, 0.2) is 5.17 Å². The van der Waals surface area contributed by atoms with Crippen molar-refractivity contribution in [3.63, 3.8) is 0 Å². The van der Waals surface area contributed by atoms with Gasteiger partial charge in [0.05, 0.1) is 27.8 Å². The Hall–Kier alpha value is -2.57. The van der Waals surface area contributed by atoms with Crippen LogP contribution in [0.2, 0.25) is 10.0 Å². The van der Waals surface area contributed by atoms with Crippen molar-refractivity contribution < 1.29 is 26.4 Å². The van der Waals surface area contributed by atoms with Crippen molar-refractivity contribution in [2.45, 2.75) is 21.6 Å². The molecule has 35 heavy (non-hydrogen) atoms. The fourth-order valence-corrected chi connectivity index (χ4v) is 9.02. The molecule has 0 aliphatic carbocycles. The van der Waals surface area contributed by atoms with Gasteiger partial charge in [-0.25, -0.2) is 9.79 Å². The molecular weight excluding hydrogens is 555 g/mol. The summed E-state index contributed by atoms with van der Waals surface area (Å²) in [5, 5.41) is -0.103. The maximum atomic E-state index is 13.8. The van der Waals surface area contributed by atoms with Gasteiger partial charge < -0.3 is 4.74 Å². The van der Waals surface area contributed by atoms with Crippen molar-refractivity contribution in [2.24, 2.45) is 4.99 Å². The van der Waals surface area contributed by atoms with Gasteiger partial charge in [-0.2, -0.15) is 16.8 Å². The highest BCUT2D eigenvalue weighted by molar-refractivity contribution is 8.19. The average molecular weight is 571 g/mol. The van der Waals surface area contributed by atoms with Crippen molar-refractivity contribution in [2.75, 3.05) is 6.61 Å². The Bertz CT molecular complexity index is 1540. The second-order valence-corrected chi connectivity index (χ2v) is 12.6. The van der Waals surface area contributed by atoms with Crippen LogP contribution in [0.5, 0.6) is 0 Å². The van der Waals surface area contributed by atoms with Crippen LogP contribution in [-0.2, 0) is 24.8 Å². The van der Waals surface area contributed by atoms with Crippen molar-refractivity contribution in [3.8, 4) is 0 Å². The third kappa shape index (κ3) is 4.91. The van der Waals surface area contributed by atoms with E-state index in [1.165, 1.54) is 30.3 Å². The first-order chi connectivity index (χ1) is 16.6. The van der Waals surface area contributed by atoms with E-state index < -0.39 is 30.9 Å². The Morgan fingerprint density at radius 2 is 1.71 bits per heavy atom. The number of hydrogen-bond donors (Lipinski definition) is 0. The first-order valence-electron chi connectivity index (χ1n) is 9.94. The molecule has 0 fully saturated rings. The molecule has 13 heteroatoms. The number of hydrogen-bond acceptors (Lipinski definition) is 8. The molecular formula is C22H16Cl2N2O6S3. The zero-order chi connectivity index (χ0) is 25.4. The summed E-state index contributed by atoms with van der Waals surface area (Å²) >= 11 is 12.9. The molecule has 1 aliphatic rings. The second-order valence-electron chi connectivity index (χ2n) is 6.99. The molecule has 182 valence electrons. The topological polar surface area (TPSA) is 110 Å². The molecule has 0 N–H and O–H groups in total. The molecule has 0 saturated carbocycles. The second kappa shape index (κ2) is 9.82. The number of carbonyl (C=O) groups is 1. The van der Waals surface area contributed by atoms with E-state index in [9.17, 15) is 21.6 Å². The third-order valence-corrected chi connectivity index (χ3v) is 10.8. The lowest BCUT2D eigenvalue weighted by Crippen LogP contribution is -2.42. The standard InChI is InChI=1S/C22H16Cl2N2O6S3/c1-2-32-21(27)17-12-20-19(13-18(17)24)33-22(25-15-6-4-3-5-7-15)26(35(20,30)31)34(28,29)16-10-8-14(23)9-11-16/h3-13H,2H2,1H3. The van der Waals surface area contributed by atoms with Crippen molar-refractivity contribution in [1.29, 1.82) is 0 Å². The molecule has 3 aromatic rings. The lowest BCUT2D eigenvalue weighted by atomic mass is 10.2. The Kier molecular flexibility index (Phi) is 7.16. The van der Waals surface area contributed by atoms with Crippen LogP contribution < -0.4 is 0 Å². The molecule has 1 aliphatic heterocycles. The summed E-state index contributed by atoms with van der Waals surface area (Å²) in [6.07, 6.45) is 0. The summed E-state index contributed by atoms with van der Waals surface area (Å²) < 4.78 is 59.9. The number of fused-ring (bicyclic) bond motifs is 1. The molecule has 4 rings (SSSR count). The molecule has 0 aromatic heterocycles. The molecule has 1 heterocycles. The smallest absolute Gasteiger partial charge is 0.339 e. The highest BCUT2D eigenvalue weighted by Crippen LogP contribution is 2.43. The monoisotopic (exact) mass is 570 g/mol. The highest BCUT2D eigenvalue weighted by atomic mass is 35.5. The lowest BCUT2D eigenvalue weighted by Gasteiger charge is -2.30. The maximum absolute atomic E-state index is 13.8. The van der Waals surface area contributed by atoms with Gasteiger partial charge >= 0.3 is 5.97 Å². The minimum atomic E-state index is -4.76. The average Bonchev–Trinajstić information content (AvgIpc) is 2.79. The Morgan fingerprint density at radius 1 is 1.06 bits per heavy atom. The number of nitrogens with zero attached hydrogens (tertiary/aromatic N) is 2. The van der Waals surface area contributed by atoms with Gasteiger partial charge in [0, 0.05) is 9.92 Å². The van der Waals surface area contributed by atoms with E-state index in [1.807, 2.05) is 0 Å². The number of amidine groups is 1. The van der Waals surface area contributed by atoms with Gasteiger partial charge in [0.25, 0.3) is 20.0 Å². The number of rotatable bonds is 5. The van der Waals surface area contributed by atoms with Gasteiger partial charge in [-0.15, -0.1) is 3.71 Å². The third-order valence-electron chi connectivity index (χ3n) is 4.69. The van der Waals surface area contributed by atoms with Crippen LogP contribution >= 0.6 is 35.0 Å². The number of halogens is 2. The van der Waals surface area contributed by atoms with E-state index in [0.717, 1.165) is 17.8 Å². The van der Waals surface area contributed by atoms with Crippen molar-refractivity contribution in [3.05, 3.63) is 82.3 Å². The van der Waals surface area contributed by atoms with Crippen LogP contribution in [0.1, 0.15) is 17.3 Å². The Labute approximate surface area is 216 Å². The van der Waals surface area contributed by atoms with E-state index in [-0.39, 0.29) is 40.9 Å². The van der Waals surface area contributed by atoms with Gasteiger partial charge in [0.2, 0.25) is 0 Å². The van der Waals surface area contributed by atoms with E-state index >= 15 is 0 Å². The summed E-state index contributed by atoms with van der Waals surface area (Å²) in [7, 11) is -9.43. The quantitative estimate of drug-likeness (QED) is 0.380. The maximum Gasteiger partial charge on any atom is 0.339 e. The number of sulfonamides is 2.